The zero-order chi connectivity index (χ0) is 40.4. The molecular weight excluding hydrogens is 753 g/mol. The second-order valence-corrected chi connectivity index (χ2v) is 37.7. The number of benzene rings is 8. The SMILES string of the molecule is C[SiH](C)c1ccc(N(c2ccc([Si](C)(C)C)cc2)c2cc3ccc4cc(N(c5ccc([Si](C)(C)C)cc5)c5ccc([Si](C)(C)C)cc5)cc5ccc(c2)c3c45)cc1. The lowest BCUT2D eigenvalue weighted by molar-refractivity contribution is 1.29. The molecule has 0 heterocycles. The summed E-state index contributed by atoms with van der Waals surface area (Å²) >= 11 is 0. The van der Waals surface area contributed by atoms with E-state index in [1.54, 1.807) is 0 Å². The van der Waals surface area contributed by atoms with Gasteiger partial charge in [0.25, 0.3) is 0 Å². The van der Waals surface area contributed by atoms with Crippen molar-refractivity contribution in [3.8, 4) is 0 Å². The van der Waals surface area contributed by atoms with Crippen LogP contribution >= 0.6 is 0 Å². The van der Waals surface area contributed by atoms with Crippen LogP contribution in [0.2, 0.25) is 72.0 Å². The van der Waals surface area contributed by atoms with E-state index in [-0.39, 0.29) is 0 Å². The molecule has 8 aromatic rings. The Morgan fingerprint density at radius 3 is 0.789 bits per heavy atom. The van der Waals surface area contributed by atoms with Crippen LogP contribution in [0.3, 0.4) is 0 Å². The van der Waals surface area contributed by atoms with Crippen LogP contribution in [0, 0.1) is 0 Å². The van der Waals surface area contributed by atoms with Gasteiger partial charge in [0, 0.05) is 34.1 Å². The number of anilines is 6. The van der Waals surface area contributed by atoms with E-state index in [1.165, 1.54) is 87.2 Å². The smallest absolute Gasteiger partial charge is 0.0775 e. The molecule has 288 valence electrons. The Balaban J connectivity index is 1.26. The summed E-state index contributed by atoms with van der Waals surface area (Å²) in [4.78, 5) is 4.90. The highest BCUT2D eigenvalue weighted by molar-refractivity contribution is 6.89. The molecule has 8 rings (SSSR count). The normalized spacial score (nSPS) is 12.6. The molecule has 0 bridgehead atoms. The third-order valence-corrected chi connectivity index (χ3v) is 19.7. The third-order valence-electron chi connectivity index (χ3n) is 11.8. The van der Waals surface area contributed by atoms with Crippen molar-refractivity contribution in [2.45, 2.75) is 72.0 Å². The van der Waals surface area contributed by atoms with Crippen LogP contribution in [-0.4, -0.2) is 33.0 Å². The van der Waals surface area contributed by atoms with Crippen LogP contribution < -0.4 is 30.5 Å². The van der Waals surface area contributed by atoms with E-state index in [4.69, 9.17) is 0 Å². The van der Waals surface area contributed by atoms with Crippen molar-refractivity contribution in [1.29, 1.82) is 0 Å². The Hall–Kier alpha value is -4.73. The second kappa shape index (κ2) is 14.6. The number of hydrogen-bond acceptors (Lipinski definition) is 2. The summed E-state index contributed by atoms with van der Waals surface area (Å²) in [5, 5.41) is 13.7. The number of hydrogen-bond donors (Lipinski definition) is 0. The molecule has 57 heavy (non-hydrogen) atoms. The van der Waals surface area contributed by atoms with Crippen molar-refractivity contribution < 1.29 is 0 Å². The summed E-state index contributed by atoms with van der Waals surface area (Å²) < 4.78 is 0. The fourth-order valence-corrected chi connectivity index (χ4v) is 12.8. The molecule has 2 nitrogen and oxygen atoms in total. The Bertz CT molecular complexity index is 2560. The average Bonchev–Trinajstić information content (AvgIpc) is 3.17. The molecule has 6 heteroatoms. The highest BCUT2D eigenvalue weighted by Crippen LogP contribution is 2.44. The van der Waals surface area contributed by atoms with Crippen molar-refractivity contribution in [3.05, 3.63) is 146 Å². The van der Waals surface area contributed by atoms with Crippen LogP contribution in [0.5, 0.6) is 0 Å². The first-order chi connectivity index (χ1) is 27.0. The van der Waals surface area contributed by atoms with Gasteiger partial charge in [-0.1, -0.05) is 166 Å². The molecule has 8 aromatic carbocycles. The molecule has 0 atom stereocenters. The number of nitrogens with zero attached hydrogens (tertiary/aromatic N) is 2. The Morgan fingerprint density at radius 2 is 0.561 bits per heavy atom. The first-order valence-corrected chi connectivity index (χ1v) is 34.1. The maximum atomic E-state index is 2.45. The molecule has 0 saturated heterocycles. The lowest BCUT2D eigenvalue weighted by atomic mass is 9.93. The average molecular weight is 811 g/mol. The van der Waals surface area contributed by atoms with E-state index < -0.39 is 33.0 Å². The summed E-state index contributed by atoms with van der Waals surface area (Å²) in [5.41, 5.74) is 7.15. The van der Waals surface area contributed by atoms with Gasteiger partial charge in [0.05, 0.1) is 33.0 Å². The molecule has 0 fully saturated rings. The molecule has 0 aliphatic carbocycles. The zero-order valence-corrected chi connectivity index (χ0v) is 40.0. The Labute approximate surface area is 345 Å². The van der Waals surface area contributed by atoms with Gasteiger partial charge in [-0.25, -0.2) is 0 Å². The van der Waals surface area contributed by atoms with Gasteiger partial charge in [-0.3, -0.25) is 0 Å². The summed E-state index contributed by atoms with van der Waals surface area (Å²) in [7, 11) is -5.21. The quantitative estimate of drug-likeness (QED) is 0.100. The largest absolute Gasteiger partial charge is 0.310 e. The molecular formula is C51H58N2Si4. The number of rotatable bonds is 10. The predicted octanol–water partition coefficient (Wildman–Crippen LogP) is 12.9. The van der Waals surface area contributed by atoms with Crippen LogP contribution in [0.15, 0.2) is 146 Å². The molecule has 0 unspecified atom stereocenters. The maximum absolute atomic E-state index is 2.45. The van der Waals surface area contributed by atoms with Crippen molar-refractivity contribution in [2.24, 2.45) is 0 Å². The Kier molecular flexibility index (Phi) is 10.0. The van der Waals surface area contributed by atoms with Gasteiger partial charge in [-0.05, 0) is 105 Å². The third kappa shape index (κ3) is 7.68. The van der Waals surface area contributed by atoms with Gasteiger partial charge in [0.1, 0.15) is 0 Å². The molecule has 0 aliphatic rings. The van der Waals surface area contributed by atoms with Crippen molar-refractivity contribution in [2.75, 3.05) is 9.80 Å². The standard InChI is InChI=1S/C51H58N2Si4/c1-54(2)46-24-16-40(17-25-46)52(41-18-26-47(27-19-41)55(3,4)5)44-32-36-12-14-38-34-45(35-39-15-13-37(33-44)50(36)51(38)39)53(42-20-28-48(29-21-42)56(6,7)8)43-22-30-49(31-23-43)57(9,10)11/h12-35,54H,1-11H3. The summed E-state index contributed by atoms with van der Waals surface area (Å²) in [6, 6.07) is 56.4. The first-order valence-electron chi connectivity index (χ1n) is 20.7. The van der Waals surface area contributed by atoms with Crippen molar-refractivity contribution >= 4 is 120 Å². The molecule has 0 aromatic heterocycles. The first kappa shape index (κ1) is 39.1. The van der Waals surface area contributed by atoms with E-state index in [2.05, 4.69) is 227 Å². The zero-order valence-electron chi connectivity index (χ0n) is 35.8. The monoisotopic (exact) mass is 810 g/mol. The van der Waals surface area contributed by atoms with E-state index >= 15 is 0 Å². The van der Waals surface area contributed by atoms with Crippen LogP contribution in [0.1, 0.15) is 0 Å². The Morgan fingerprint density at radius 1 is 0.316 bits per heavy atom. The lowest BCUT2D eigenvalue weighted by Crippen LogP contribution is -2.37. The topological polar surface area (TPSA) is 6.48 Å². The van der Waals surface area contributed by atoms with E-state index in [1.807, 2.05) is 0 Å². The molecule has 0 aliphatic heterocycles. The van der Waals surface area contributed by atoms with Gasteiger partial charge in [-0.15, -0.1) is 0 Å². The highest BCUT2D eigenvalue weighted by atomic mass is 28.3. The fraction of sp³-hybridized carbons (Fsp3) is 0.216. The van der Waals surface area contributed by atoms with Gasteiger partial charge < -0.3 is 9.80 Å². The van der Waals surface area contributed by atoms with Gasteiger partial charge in [0.15, 0.2) is 0 Å². The predicted molar refractivity (Wildman–Crippen MR) is 267 cm³/mol. The second-order valence-electron chi connectivity index (χ2n) is 19.5. The lowest BCUT2D eigenvalue weighted by Gasteiger charge is -2.29. The van der Waals surface area contributed by atoms with E-state index in [0.29, 0.717) is 0 Å². The van der Waals surface area contributed by atoms with Crippen LogP contribution in [-0.2, 0) is 0 Å². The van der Waals surface area contributed by atoms with Crippen molar-refractivity contribution in [3.63, 3.8) is 0 Å². The fourth-order valence-electron chi connectivity index (χ4n) is 8.30. The summed E-state index contributed by atoms with van der Waals surface area (Å²) in [6.45, 7) is 26.6. The molecule has 0 amide bonds. The van der Waals surface area contributed by atoms with Crippen LogP contribution in [0.25, 0.3) is 32.3 Å². The van der Waals surface area contributed by atoms with Crippen LogP contribution in [0.4, 0.5) is 34.1 Å². The van der Waals surface area contributed by atoms with Gasteiger partial charge in [0.2, 0.25) is 0 Å². The molecule has 0 N–H and O–H groups in total. The van der Waals surface area contributed by atoms with Gasteiger partial charge >= 0.3 is 0 Å². The minimum absolute atomic E-state index is 0.906. The van der Waals surface area contributed by atoms with E-state index in [9.17, 15) is 0 Å². The molecule has 0 radical (unpaired) electrons. The maximum Gasteiger partial charge on any atom is 0.0775 e. The minimum atomic E-state index is -1.44. The summed E-state index contributed by atoms with van der Waals surface area (Å²) in [6.07, 6.45) is 0. The molecule has 0 spiro atoms. The van der Waals surface area contributed by atoms with Crippen molar-refractivity contribution in [1.82, 2.24) is 0 Å². The van der Waals surface area contributed by atoms with Gasteiger partial charge in [-0.2, -0.15) is 0 Å². The highest BCUT2D eigenvalue weighted by Gasteiger charge is 2.23. The molecule has 0 saturated carbocycles. The summed E-state index contributed by atoms with van der Waals surface area (Å²) in [5.74, 6) is 0. The van der Waals surface area contributed by atoms with E-state index in [0.717, 1.165) is 0 Å². The minimum Gasteiger partial charge on any atom is -0.310 e.